The molecule has 0 aliphatic carbocycles. The lowest BCUT2D eigenvalue weighted by atomic mass is 10.1. The molecular weight excluding hydrogens is 330 g/mol. The van der Waals surface area contributed by atoms with E-state index in [0.29, 0.717) is 17.1 Å². The Morgan fingerprint density at radius 1 is 1.04 bits per heavy atom. The van der Waals surface area contributed by atoms with Crippen LogP contribution in [0.5, 0.6) is 0 Å². The second kappa shape index (κ2) is 5.21. The van der Waals surface area contributed by atoms with E-state index in [-0.39, 0.29) is 5.75 Å². The molecule has 0 amide bonds. The average Bonchev–Trinajstić information content (AvgIpc) is 2.85. The van der Waals surface area contributed by atoms with Crippen molar-refractivity contribution in [1.82, 2.24) is 9.97 Å². The maximum Gasteiger partial charge on any atom is 0.179 e. The van der Waals surface area contributed by atoms with Crippen molar-refractivity contribution >= 4 is 44.9 Å². The molecule has 0 atom stereocenters. The normalized spacial score (nSPS) is 15.5. The Hall–Kier alpha value is -2.12. The summed E-state index contributed by atoms with van der Waals surface area (Å²) in [6.07, 6.45) is 1.97. The van der Waals surface area contributed by atoms with E-state index in [1.165, 1.54) is 6.33 Å². The molecule has 116 valence electrons. The molecule has 1 aliphatic rings. The van der Waals surface area contributed by atoms with Gasteiger partial charge in [0.25, 0.3) is 0 Å². The Morgan fingerprint density at radius 3 is 2.61 bits per heavy atom. The number of fused-ring (bicyclic) bond motifs is 3. The third kappa shape index (κ3) is 2.46. The van der Waals surface area contributed by atoms with E-state index in [2.05, 4.69) is 27.9 Å². The van der Waals surface area contributed by atoms with Crippen molar-refractivity contribution < 1.29 is 8.42 Å². The summed E-state index contributed by atoms with van der Waals surface area (Å²) in [6.45, 7) is 0. The van der Waals surface area contributed by atoms with Gasteiger partial charge in [-0.15, -0.1) is 12.6 Å². The molecule has 7 heteroatoms. The van der Waals surface area contributed by atoms with Gasteiger partial charge in [-0.2, -0.15) is 0 Å². The highest BCUT2D eigenvalue weighted by atomic mass is 32.2. The minimum Gasteiger partial charge on any atom is -0.340 e. The maximum absolute atomic E-state index is 12.1. The Morgan fingerprint density at radius 2 is 1.83 bits per heavy atom. The maximum atomic E-state index is 12.1. The standard InChI is InChI=1S/C16H13N3O2S2/c20-23(21)8-7-12-14(23)6-5-13-15(12)16(18-9-17-13)19-10-1-3-11(22)4-2-10/h1-6,9,22H,7-8H2,(H,17,18,19). The summed E-state index contributed by atoms with van der Waals surface area (Å²) < 4.78 is 24.3. The van der Waals surface area contributed by atoms with Gasteiger partial charge in [-0.05, 0) is 48.4 Å². The van der Waals surface area contributed by atoms with Crippen LogP contribution in [0, 0.1) is 0 Å². The molecule has 1 aromatic heterocycles. The van der Waals surface area contributed by atoms with Crippen LogP contribution in [0.3, 0.4) is 0 Å². The van der Waals surface area contributed by atoms with Gasteiger partial charge in [0.15, 0.2) is 9.84 Å². The summed E-state index contributed by atoms with van der Waals surface area (Å²) in [4.78, 5) is 9.85. The van der Waals surface area contributed by atoms with E-state index in [4.69, 9.17) is 0 Å². The lowest BCUT2D eigenvalue weighted by molar-refractivity contribution is 0.600. The Kier molecular flexibility index (Phi) is 3.28. The van der Waals surface area contributed by atoms with Crippen LogP contribution in [0.2, 0.25) is 0 Å². The first-order chi connectivity index (χ1) is 11.0. The van der Waals surface area contributed by atoms with Gasteiger partial charge in [0.2, 0.25) is 0 Å². The molecule has 1 aliphatic heterocycles. The molecule has 0 saturated heterocycles. The van der Waals surface area contributed by atoms with Gasteiger partial charge in [0, 0.05) is 16.0 Å². The minimum absolute atomic E-state index is 0.143. The number of hydrogen-bond acceptors (Lipinski definition) is 6. The second-order valence-electron chi connectivity index (χ2n) is 5.40. The van der Waals surface area contributed by atoms with Crippen LogP contribution >= 0.6 is 12.6 Å². The summed E-state index contributed by atoms with van der Waals surface area (Å²) in [7, 11) is -3.19. The third-order valence-electron chi connectivity index (χ3n) is 3.95. The number of sulfone groups is 1. The zero-order valence-electron chi connectivity index (χ0n) is 12.0. The predicted molar refractivity (Wildman–Crippen MR) is 92.3 cm³/mol. The van der Waals surface area contributed by atoms with Gasteiger partial charge in [0.1, 0.15) is 12.1 Å². The molecule has 1 N–H and O–H groups in total. The van der Waals surface area contributed by atoms with E-state index in [1.54, 1.807) is 12.1 Å². The molecule has 2 aromatic carbocycles. The van der Waals surface area contributed by atoms with Crippen LogP contribution in [0.1, 0.15) is 5.56 Å². The number of hydrogen-bond donors (Lipinski definition) is 2. The van der Waals surface area contributed by atoms with Crippen molar-refractivity contribution in [3.8, 4) is 0 Å². The number of rotatable bonds is 2. The number of thiol groups is 1. The number of nitrogens with zero attached hydrogens (tertiary/aromatic N) is 2. The molecular formula is C16H13N3O2S2. The van der Waals surface area contributed by atoms with E-state index in [9.17, 15) is 8.42 Å². The monoisotopic (exact) mass is 343 g/mol. The van der Waals surface area contributed by atoms with Crippen LogP contribution in [0.25, 0.3) is 10.9 Å². The topological polar surface area (TPSA) is 72.0 Å². The third-order valence-corrected chi connectivity index (χ3v) is 6.05. The average molecular weight is 343 g/mol. The Balaban J connectivity index is 1.90. The Labute approximate surface area is 139 Å². The number of anilines is 2. The highest BCUT2D eigenvalue weighted by molar-refractivity contribution is 7.91. The zero-order chi connectivity index (χ0) is 16.0. The number of nitrogens with one attached hydrogen (secondary N) is 1. The Bertz CT molecular complexity index is 1020. The SMILES string of the molecule is O=S1(=O)CCc2c1ccc1ncnc(Nc3ccc(S)cc3)c21. The van der Waals surface area contributed by atoms with Gasteiger partial charge < -0.3 is 5.32 Å². The van der Waals surface area contributed by atoms with Crippen molar-refractivity contribution in [3.63, 3.8) is 0 Å². The van der Waals surface area contributed by atoms with E-state index < -0.39 is 9.84 Å². The molecule has 0 radical (unpaired) electrons. The molecule has 2 heterocycles. The fraction of sp³-hybridized carbons (Fsp3) is 0.125. The largest absolute Gasteiger partial charge is 0.340 e. The van der Waals surface area contributed by atoms with Crippen LogP contribution in [-0.4, -0.2) is 24.1 Å². The summed E-state index contributed by atoms with van der Waals surface area (Å²) in [5.41, 5.74) is 2.40. The summed E-state index contributed by atoms with van der Waals surface area (Å²) in [6, 6.07) is 10.9. The van der Waals surface area contributed by atoms with E-state index >= 15 is 0 Å². The van der Waals surface area contributed by atoms with Crippen LogP contribution in [0.15, 0.2) is 52.5 Å². The van der Waals surface area contributed by atoms with Crippen molar-refractivity contribution in [2.24, 2.45) is 0 Å². The molecule has 0 unspecified atom stereocenters. The van der Waals surface area contributed by atoms with Gasteiger partial charge in [-0.25, -0.2) is 18.4 Å². The van der Waals surface area contributed by atoms with Crippen molar-refractivity contribution in [1.29, 1.82) is 0 Å². The molecule has 0 bridgehead atoms. The lowest BCUT2D eigenvalue weighted by Gasteiger charge is -2.11. The highest BCUT2D eigenvalue weighted by Crippen LogP contribution is 2.35. The molecule has 0 saturated carbocycles. The molecule has 3 aromatic rings. The number of benzene rings is 2. The number of aromatic nitrogens is 2. The minimum atomic E-state index is -3.19. The zero-order valence-corrected chi connectivity index (χ0v) is 13.7. The molecule has 4 rings (SSSR count). The summed E-state index contributed by atoms with van der Waals surface area (Å²) >= 11 is 4.27. The number of aryl methyl sites for hydroxylation is 1. The summed E-state index contributed by atoms with van der Waals surface area (Å²) in [5, 5.41) is 4.03. The fourth-order valence-electron chi connectivity index (χ4n) is 2.86. The van der Waals surface area contributed by atoms with E-state index in [0.717, 1.165) is 27.0 Å². The first-order valence-corrected chi connectivity index (χ1v) is 9.20. The van der Waals surface area contributed by atoms with Crippen LogP contribution in [0.4, 0.5) is 11.5 Å². The molecule has 23 heavy (non-hydrogen) atoms. The second-order valence-corrected chi connectivity index (χ2v) is 7.99. The van der Waals surface area contributed by atoms with Gasteiger partial charge in [-0.3, -0.25) is 0 Å². The smallest absolute Gasteiger partial charge is 0.179 e. The van der Waals surface area contributed by atoms with Gasteiger partial charge in [0.05, 0.1) is 16.2 Å². The quantitative estimate of drug-likeness (QED) is 0.700. The lowest BCUT2D eigenvalue weighted by Crippen LogP contribution is -2.00. The van der Waals surface area contributed by atoms with Gasteiger partial charge in [-0.1, -0.05) is 0 Å². The van der Waals surface area contributed by atoms with Crippen molar-refractivity contribution in [2.75, 3.05) is 11.1 Å². The predicted octanol–water partition coefficient (Wildman–Crippen LogP) is 2.99. The molecule has 0 spiro atoms. The summed E-state index contributed by atoms with van der Waals surface area (Å²) in [5.74, 6) is 0.764. The van der Waals surface area contributed by atoms with Crippen molar-refractivity contribution in [2.45, 2.75) is 16.2 Å². The van der Waals surface area contributed by atoms with Crippen LogP contribution in [-0.2, 0) is 16.3 Å². The van der Waals surface area contributed by atoms with Crippen LogP contribution < -0.4 is 5.32 Å². The van der Waals surface area contributed by atoms with E-state index in [1.807, 2.05) is 24.3 Å². The molecule has 5 nitrogen and oxygen atoms in total. The van der Waals surface area contributed by atoms with Gasteiger partial charge >= 0.3 is 0 Å². The molecule has 0 fully saturated rings. The first kappa shape index (κ1) is 14.5. The fourth-order valence-corrected chi connectivity index (χ4v) is 4.56. The first-order valence-electron chi connectivity index (χ1n) is 7.10. The highest BCUT2D eigenvalue weighted by Gasteiger charge is 2.29. The van der Waals surface area contributed by atoms with Crippen molar-refractivity contribution in [3.05, 3.63) is 48.3 Å².